The molecule has 8 heterocycles. The fraction of sp³-hybridized carbons (Fsp3) is 0.540. The number of fused-ring (bicyclic) bond motifs is 4. The highest BCUT2D eigenvalue weighted by Gasteiger charge is 2.20. The Labute approximate surface area is 838 Å². The first-order chi connectivity index (χ1) is 69.0. The second kappa shape index (κ2) is 60.2. The van der Waals surface area contributed by atoms with Crippen LogP contribution in [0.2, 0.25) is 0 Å². The van der Waals surface area contributed by atoms with Gasteiger partial charge in [-0.05, 0) is 391 Å². The minimum atomic E-state index is 0.588. The lowest BCUT2D eigenvalue weighted by Gasteiger charge is -2.26. The molecule has 766 valence electrons. The molecule has 0 N–H and O–H groups in total. The highest BCUT2D eigenvalue weighted by Crippen LogP contribution is 2.35. The van der Waals surface area contributed by atoms with Gasteiger partial charge in [-0.15, -0.1) is 0 Å². The molecule has 4 aliphatic heterocycles. The number of benzene rings is 8. The summed E-state index contributed by atoms with van der Waals surface area (Å²) >= 11 is 0. The molecule has 4 aromatic heterocycles. The molecule has 0 bridgehead atoms. The van der Waals surface area contributed by atoms with Gasteiger partial charge in [-0.25, -0.2) is 19.9 Å². The van der Waals surface area contributed by atoms with Crippen molar-refractivity contribution in [1.29, 1.82) is 0 Å². The summed E-state index contributed by atoms with van der Waals surface area (Å²) in [7, 11) is 20.8. The number of piperidine rings is 2. The zero-order valence-electron chi connectivity index (χ0n) is 86.2. The number of aromatic nitrogens is 4. The molecule has 0 radical (unpaired) electrons. The second-order valence-corrected chi connectivity index (χ2v) is 38.6. The molecule has 28 heteroatoms. The molecule has 0 unspecified atom stereocenters. The van der Waals surface area contributed by atoms with Gasteiger partial charge in [0.05, 0.1) is 79.3 Å². The fourth-order valence-corrected chi connectivity index (χ4v) is 17.4. The monoisotopic (exact) mass is 1940 g/mol. The third-order valence-corrected chi connectivity index (χ3v) is 25.4. The molecular formula is C113H160N14O14. The van der Waals surface area contributed by atoms with E-state index in [0.29, 0.717) is 69.8 Å². The summed E-state index contributed by atoms with van der Waals surface area (Å²) in [6.45, 7) is 30.8. The van der Waals surface area contributed by atoms with Gasteiger partial charge >= 0.3 is 0 Å². The highest BCUT2D eigenvalue weighted by atomic mass is 16.5. The number of likely N-dealkylation sites (N-methyl/N-ethyl adjacent to an activating group) is 2. The molecule has 0 spiro atoms. The topological polar surface area (TPSA) is 229 Å². The Hall–Kier alpha value is -10.4. The molecular weight excluding hydrogens is 1780 g/mol. The Morgan fingerprint density at radius 1 is 0.220 bits per heavy atom. The summed E-state index contributed by atoms with van der Waals surface area (Å²) in [6.07, 6.45) is 22.8. The quantitative estimate of drug-likeness (QED) is 0.0323. The van der Waals surface area contributed by atoms with Crippen LogP contribution in [0.1, 0.15) is 122 Å². The molecule has 4 saturated heterocycles. The number of rotatable bonds is 57. The molecule has 4 aliphatic rings. The molecule has 12 aromatic rings. The van der Waals surface area contributed by atoms with Gasteiger partial charge in [0, 0.05) is 112 Å². The van der Waals surface area contributed by atoms with E-state index in [2.05, 4.69) is 125 Å². The highest BCUT2D eigenvalue weighted by molar-refractivity contribution is 5.81. The molecule has 0 amide bonds. The van der Waals surface area contributed by atoms with Gasteiger partial charge in [-0.3, -0.25) is 0 Å². The van der Waals surface area contributed by atoms with Crippen molar-refractivity contribution in [3.63, 3.8) is 0 Å². The van der Waals surface area contributed by atoms with E-state index in [4.69, 9.17) is 65.0 Å². The van der Waals surface area contributed by atoms with Crippen LogP contribution in [-0.4, -0.2) is 350 Å². The molecule has 8 aromatic carbocycles. The van der Waals surface area contributed by atoms with Gasteiger partial charge in [-0.1, -0.05) is 12.8 Å². The van der Waals surface area contributed by atoms with Crippen molar-refractivity contribution in [2.45, 2.75) is 122 Å². The van der Waals surface area contributed by atoms with E-state index in [1.165, 1.54) is 123 Å². The predicted molar refractivity (Wildman–Crippen MR) is 566 cm³/mol. The molecule has 4 fully saturated rings. The Balaban J connectivity index is 0.000000158. The van der Waals surface area contributed by atoms with Gasteiger partial charge < -0.3 is 114 Å². The van der Waals surface area contributed by atoms with Crippen molar-refractivity contribution < 1.29 is 65.0 Å². The van der Waals surface area contributed by atoms with Crippen LogP contribution in [0, 0.1) is 0 Å². The maximum atomic E-state index is 6.06. The van der Waals surface area contributed by atoms with Crippen LogP contribution in [0.3, 0.4) is 0 Å². The predicted octanol–water partition coefficient (Wildman–Crippen LogP) is 19.8. The lowest BCUT2D eigenvalue weighted by Crippen LogP contribution is -2.31. The number of ether oxygens (including phenoxy) is 10. The smallest absolute Gasteiger partial charge is 0.227 e. The summed E-state index contributed by atoms with van der Waals surface area (Å²) in [5.74, 6) is 9.20. The first-order valence-electron chi connectivity index (χ1n) is 52.1. The maximum Gasteiger partial charge on any atom is 0.227 e. The van der Waals surface area contributed by atoms with Crippen molar-refractivity contribution in [1.82, 2.24) is 68.9 Å². The second-order valence-electron chi connectivity index (χ2n) is 38.6. The summed E-state index contributed by atoms with van der Waals surface area (Å²) < 4.78 is 82.7. The number of nitrogens with zero attached hydrogens (tertiary/aromatic N) is 14. The van der Waals surface area contributed by atoms with E-state index in [0.717, 1.165) is 276 Å². The number of hydrogen-bond donors (Lipinski definition) is 0. The standard InChI is InChI=1S/C30H46N4O5.C29H39N3O3.C27H40N4O3.C27H35N3O3/c1-32(2)14-6-18-38-27-12-13-28-29(24-27)39-30(31-28)25-8-10-26(11-9-25)37-19-7-15-34(5)17-21-36-23-22-35-20-16-33(3)4;1-3-15-31(16-4-1)19-7-21-33-25-11-9-24(10-12-25)29-30-27-14-13-26(23-28(27)35-29)34-22-8-20-32-17-5-2-6-18-32;1-29(2)15-6-17-31(5)18-8-20-32-23-11-9-22(10-12-23)27-28-25-14-13-24(21-26(25)34-27)33-19-7-16-30(3)4;1-2-14-29(13-1)17-5-19-31-23-9-7-22(8-10-23)27-28-25-12-11-24(21-26(25)33-27)32-20-6-18-30-15-3-4-16-30/h8-13,24H,6-7,14-23H2,1-5H3;9-14,23H,1-8,15-22H2;9-14,21H,6-8,15-20H2,1-5H3;7-12,21H,1-6,13-20H2. The van der Waals surface area contributed by atoms with Crippen molar-refractivity contribution in [2.24, 2.45) is 0 Å². The molecule has 16 rings (SSSR count). The number of oxazole rings is 4. The SMILES string of the molecule is CN(C)CCCOc1ccc2nc(-c3ccc(OCCCN(C)CCCN(C)C)cc3)oc2c1.CN(C)CCCOc1ccc2nc(-c3ccc(OCCCN(C)CCOCCOCCN(C)C)cc3)oc2c1.c1cc(-c2nc3ccc(OCCCN4CCCC4)cc3o2)ccc1OCCCN1CCCC1.c1cc(-c2nc3ccc(OCCCN4CCCCC4)cc3o2)ccc1OCCCN1CCCCC1. The van der Waals surface area contributed by atoms with E-state index >= 15 is 0 Å². The normalized spacial score (nSPS) is 14.5. The fourth-order valence-electron chi connectivity index (χ4n) is 17.4. The largest absolute Gasteiger partial charge is 0.494 e. The summed E-state index contributed by atoms with van der Waals surface area (Å²) in [4.78, 5) is 41.9. The van der Waals surface area contributed by atoms with Crippen molar-refractivity contribution in [3.8, 4) is 91.8 Å². The Bertz CT molecular complexity index is 5430. The minimum Gasteiger partial charge on any atom is -0.494 e. The van der Waals surface area contributed by atoms with E-state index < -0.39 is 0 Å². The van der Waals surface area contributed by atoms with Gasteiger partial charge in [0.2, 0.25) is 23.6 Å². The van der Waals surface area contributed by atoms with Crippen molar-refractivity contribution in [2.75, 3.05) is 281 Å². The lowest BCUT2D eigenvalue weighted by atomic mass is 10.1. The Kier molecular flexibility index (Phi) is 46.1. The van der Waals surface area contributed by atoms with Gasteiger partial charge in [-0.2, -0.15) is 0 Å². The number of likely N-dealkylation sites (tertiary alicyclic amines) is 4. The molecule has 0 aliphatic carbocycles. The van der Waals surface area contributed by atoms with Crippen LogP contribution in [-0.2, 0) is 9.47 Å². The molecule has 0 atom stereocenters. The first kappa shape index (κ1) is 108. The summed E-state index contributed by atoms with van der Waals surface area (Å²) in [5.41, 5.74) is 10.0. The van der Waals surface area contributed by atoms with Crippen LogP contribution < -0.4 is 37.9 Å². The molecule has 28 nitrogen and oxygen atoms in total. The van der Waals surface area contributed by atoms with E-state index in [9.17, 15) is 0 Å². The van der Waals surface area contributed by atoms with E-state index in [1.54, 1.807) is 0 Å². The van der Waals surface area contributed by atoms with Crippen LogP contribution in [0.25, 0.3) is 90.2 Å². The zero-order valence-corrected chi connectivity index (χ0v) is 86.2. The molecule has 0 saturated carbocycles. The first-order valence-corrected chi connectivity index (χ1v) is 52.1. The Morgan fingerprint density at radius 2 is 0.440 bits per heavy atom. The van der Waals surface area contributed by atoms with Crippen LogP contribution in [0.4, 0.5) is 0 Å². The van der Waals surface area contributed by atoms with Crippen LogP contribution in [0.15, 0.2) is 188 Å². The third-order valence-electron chi connectivity index (χ3n) is 25.4. The lowest BCUT2D eigenvalue weighted by molar-refractivity contribution is 0.0363. The van der Waals surface area contributed by atoms with E-state index in [-0.39, 0.29) is 0 Å². The van der Waals surface area contributed by atoms with Crippen molar-refractivity contribution in [3.05, 3.63) is 170 Å². The Morgan fingerprint density at radius 3 is 0.716 bits per heavy atom. The zero-order chi connectivity index (χ0) is 98.2. The van der Waals surface area contributed by atoms with Crippen LogP contribution >= 0.6 is 0 Å². The average molecular weight is 1940 g/mol. The summed E-state index contributed by atoms with van der Waals surface area (Å²) in [6, 6.07) is 55.2. The van der Waals surface area contributed by atoms with Gasteiger partial charge in [0.25, 0.3) is 0 Å². The maximum absolute atomic E-state index is 6.06. The van der Waals surface area contributed by atoms with Gasteiger partial charge in [0.1, 0.15) is 68.1 Å². The van der Waals surface area contributed by atoms with Gasteiger partial charge in [0.15, 0.2) is 22.3 Å². The molecule has 141 heavy (non-hydrogen) atoms. The van der Waals surface area contributed by atoms with E-state index in [1.807, 2.05) is 184 Å². The third kappa shape index (κ3) is 39.0. The average Bonchev–Trinajstić information content (AvgIpc) is 1.68. The number of hydrogen-bond acceptors (Lipinski definition) is 28. The minimum absolute atomic E-state index is 0.588. The van der Waals surface area contributed by atoms with Crippen molar-refractivity contribution >= 4 is 44.4 Å². The summed E-state index contributed by atoms with van der Waals surface area (Å²) in [5, 5.41) is 0. The van der Waals surface area contributed by atoms with Crippen LogP contribution in [0.5, 0.6) is 46.0 Å².